The molecule has 0 bridgehead atoms. The van der Waals surface area contributed by atoms with Crippen LogP contribution in [0.1, 0.15) is 5.56 Å². The highest BCUT2D eigenvalue weighted by atomic mass is 28.3. The van der Waals surface area contributed by atoms with E-state index in [0.717, 1.165) is 6.04 Å². The zero-order valence-electron chi connectivity index (χ0n) is 10.9. The molecule has 0 unspecified atom stereocenters. The number of hydrogen-bond donors (Lipinski definition) is 1. The number of rotatable bonds is 6. The standard InChI is InChI=1S/C11H20N2O3Si/c1-15-10-9(7-14)11(13-8-12-10)16-5-6-17(2,3)4/h8,14H,5-7H2,1-4H3. The summed E-state index contributed by atoms with van der Waals surface area (Å²) in [6, 6.07) is 1.05. The van der Waals surface area contributed by atoms with E-state index in [-0.39, 0.29) is 6.61 Å². The Kier molecular flexibility index (Phi) is 4.89. The summed E-state index contributed by atoms with van der Waals surface area (Å²) < 4.78 is 10.6. The van der Waals surface area contributed by atoms with Crippen LogP contribution in [0, 0.1) is 0 Å². The van der Waals surface area contributed by atoms with Crippen molar-refractivity contribution in [2.24, 2.45) is 0 Å². The van der Waals surface area contributed by atoms with Gasteiger partial charge in [-0.1, -0.05) is 19.6 Å². The zero-order chi connectivity index (χ0) is 12.9. The molecule has 0 amide bonds. The highest BCUT2D eigenvalue weighted by Crippen LogP contribution is 2.23. The molecule has 1 aromatic rings. The first-order chi connectivity index (χ1) is 7.98. The van der Waals surface area contributed by atoms with Gasteiger partial charge in [-0.15, -0.1) is 0 Å². The molecule has 0 saturated carbocycles. The van der Waals surface area contributed by atoms with E-state index in [1.165, 1.54) is 13.4 Å². The minimum atomic E-state index is -1.12. The summed E-state index contributed by atoms with van der Waals surface area (Å²) in [4.78, 5) is 7.94. The molecule has 1 rings (SSSR count). The Balaban J connectivity index is 2.70. The van der Waals surface area contributed by atoms with Crippen molar-refractivity contribution < 1.29 is 14.6 Å². The fourth-order valence-electron chi connectivity index (χ4n) is 1.27. The Bertz CT molecular complexity index is 366. The summed E-state index contributed by atoms with van der Waals surface area (Å²) in [6.45, 7) is 7.27. The van der Waals surface area contributed by atoms with E-state index < -0.39 is 8.07 Å². The summed E-state index contributed by atoms with van der Waals surface area (Å²) in [7, 11) is 0.385. The highest BCUT2D eigenvalue weighted by Gasteiger charge is 2.15. The normalized spacial score (nSPS) is 11.4. The van der Waals surface area contributed by atoms with Gasteiger partial charge in [0.2, 0.25) is 11.8 Å². The first-order valence-electron chi connectivity index (χ1n) is 5.59. The van der Waals surface area contributed by atoms with Gasteiger partial charge < -0.3 is 14.6 Å². The minimum Gasteiger partial charge on any atom is -0.481 e. The van der Waals surface area contributed by atoms with Gasteiger partial charge >= 0.3 is 0 Å². The third kappa shape index (κ3) is 4.31. The monoisotopic (exact) mass is 256 g/mol. The topological polar surface area (TPSA) is 64.5 Å². The third-order valence-corrected chi connectivity index (χ3v) is 4.01. The van der Waals surface area contributed by atoms with E-state index in [9.17, 15) is 5.11 Å². The Hall–Kier alpha value is -1.14. The average Bonchev–Trinajstić information content (AvgIpc) is 2.27. The second-order valence-electron chi connectivity index (χ2n) is 4.98. The van der Waals surface area contributed by atoms with Crippen molar-refractivity contribution >= 4 is 8.07 Å². The summed E-state index contributed by atoms with van der Waals surface area (Å²) in [5, 5.41) is 9.26. The lowest BCUT2D eigenvalue weighted by atomic mass is 10.3. The van der Waals surface area contributed by atoms with Crippen molar-refractivity contribution in [2.45, 2.75) is 32.3 Å². The lowest BCUT2D eigenvalue weighted by Crippen LogP contribution is -2.22. The van der Waals surface area contributed by atoms with E-state index in [1.807, 2.05) is 0 Å². The molecule has 0 aromatic carbocycles. The van der Waals surface area contributed by atoms with Crippen LogP contribution in [0.4, 0.5) is 0 Å². The molecule has 1 aromatic heterocycles. The highest BCUT2D eigenvalue weighted by molar-refractivity contribution is 6.76. The maximum atomic E-state index is 9.26. The van der Waals surface area contributed by atoms with Crippen LogP contribution in [-0.4, -0.2) is 36.9 Å². The smallest absolute Gasteiger partial charge is 0.225 e. The molecule has 0 aliphatic heterocycles. The predicted molar refractivity (Wildman–Crippen MR) is 68.2 cm³/mol. The SMILES string of the molecule is COc1ncnc(OCC[Si](C)(C)C)c1CO. The van der Waals surface area contributed by atoms with Crippen molar-refractivity contribution in [1.29, 1.82) is 0 Å². The molecule has 0 spiro atoms. The van der Waals surface area contributed by atoms with E-state index in [4.69, 9.17) is 9.47 Å². The zero-order valence-corrected chi connectivity index (χ0v) is 11.9. The Morgan fingerprint density at radius 3 is 2.41 bits per heavy atom. The molecule has 0 aliphatic carbocycles. The number of aliphatic hydroxyl groups is 1. The number of hydrogen-bond acceptors (Lipinski definition) is 5. The molecule has 5 nitrogen and oxygen atoms in total. The fourth-order valence-corrected chi connectivity index (χ4v) is 1.98. The van der Waals surface area contributed by atoms with Crippen molar-refractivity contribution in [1.82, 2.24) is 9.97 Å². The van der Waals surface area contributed by atoms with Crippen LogP contribution in [-0.2, 0) is 6.61 Å². The average molecular weight is 256 g/mol. The Labute approximate surface area is 103 Å². The van der Waals surface area contributed by atoms with Gasteiger partial charge in [0, 0.05) is 8.07 Å². The largest absolute Gasteiger partial charge is 0.481 e. The second-order valence-corrected chi connectivity index (χ2v) is 10.6. The van der Waals surface area contributed by atoms with E-state index in [2.05, 4.69) is 29.6 Å². The molecule has 17 heavy (non-hydrogen) atoms. The minimum absolute atomic E-state index is 0.188. The van der Waals surface area contributed by atoms with Crippen molar-refractivity contribution in [2.75, 3.05) is 13.7 Å². The lowest BCUT2D eigenvalue weighted by Gasteiger charge is -2.16. The molecule has 1 N–H and O–H groups in total. The van der Waals surface area contributed by atoms with Gasteiger partial charge in [-0.05, 0) is 6.04 Å². The van der Waals surface area contributed by atoms with Gasteiger partial charge in [0.05, 0.1) is 20.3 Å². The van der Waals surface area contributed by atoms with Gasteiger partial charge in [0.1, 0.15) is 11.9 Å². The van der Waals surface area contributed by atoms with Gasteiger partial charge in [0.15, 0.2) is 0 Å². The summed E-state index contributed by atoms with van der Waals surface area (Å²) >= 11 is 0. The van der Waals surface area contributed by atoms with E-state index in [0.29, 0.717) is 23.9 Å². The number of aliphatic hydroxyl groups excluding tert-OH is 1. The van der Waals surface area contributed by atoms with Gasteiger partial charge in [-0.25, -0.2) is 9.97 Å². The quantitative estimate of drug-likeness (QED) is 0.785. The number of nitrogens with zero attached hydrogens (tertiary/aromatic N) is 2. The summed E-state index contributed by atoms with van der Waals surface area (Å²) in [5.74, 6) is 0.781. The first kappa shape index (κ1) is 13.9. The van der Waals surface area contributed by atoms with Crippen LogP contribution in [0.5, 0.6) is 11.8 Å². The third-order valence-electron chi connectivity index (χ3n) is 2.31. The first-order valence-corrected chi connectivity index (χ1v) is 9.30. The molecule has 1 heterocycles. The van der Waals surface area contributed by atoms with Gasteiger partial charge in [-0.3, -0.25) is 0 Å². The maximum Gasteiger partial charge on any atom is 0.225 e. The van der Waals surface area contributed by atoms with Gasteiger partial charge in [0.25, 0.3) is 0 Å². The van der Waals surface area contributed by atoms with Gasteiger partial charge in [-0.2, -0.15) is 0 Å². The molecule has 0 aliphatic rings. The summed E-state index contributed by atoms with van der Waals surface area (Å²) in [6.07, 6.45) is 1.38. The van der Waals surface area contributed by atoms with Crippen LogP contribution in [0.25, 0.3) is 0 Å². The van der Waals surface area contributed by atoms with Crippen LogP contribution in [0.2, 0.25) is 25.7 Å². The molecule has 6 heteroatoms. The summed E-state index contributed by atoms with van der Waals surface area (Å²) in [5.41, 5.74) is 0.505. The molecule has 96 valence electrons. The predicted octanol–water partition coefficient (Wildman–Crippen LogP) is 1.69. The van der Waals surface area contributed by atoms with Crippen LogP contribution >= 0.6 is 0 Å². The number of ether oxygens (including phenoxy) is 2. The molecule has 0 fully saturated rings. The molecule has 0 radical (unpaired) electrons. The molecular weight excluding hydrogens is 236 g/mol. The van der Waals surface area contributed by atoms with Crippen molar-refractivity contribution in [3.63, 3.8) is 0 Å². The van der Waals surface area contributed by atoms with Crippen LogP contribution in [0.15, 0.2) is 6.33 Å². The molecular formula is C11H20N2O3Si. The van der Waals surface area contributed by atoms with Crippen molar-refractivity contribution in [3.8, 4) is 11.8 Å². The van der Waals surface area contributed by atoms with Crippen LogP contribution in [0.3, 0.4) is 0 Å². The Morgan fingerprint density at radius 1 is 1.24 bits per heavy atom. The lowest BCUT2D eigenvalue weighted by molar-refractivity contribution is 0.251. The van der Waals surface area contributed by atoms with Crippen molar-refractivity contribution in [3.05, 3.63) is 11.9 Å². The Morgan fingerprint density at radius 2 is 1.88 bits per heavy atom. The fraction of sp³-hybridized carbons (Fsp3) is 0.636. The number of aromatic nitrogens is 2. The second kappa shape index (κ2) is 5.97. The number of methoxy groups -OCH3 is 1. The maximum absolute atomic E-state index is 9.26. The molecule has 0 atom stereocenters. The molecule has 0 saturated heterocycles. The van der Waals surface area contributed by atoms with Crippen LogP contribution < -0.4 is 9.47 Å². The van der Waals surface area contributed by atoms with E-state index >= 15 is 0 Å². The van der Waals surface area contributed by atoms with E-state index in [1.54, 1.807) is 0 Å².